The van der Waals surface area contributed by atoms with Crippen LogP contribution in [0.2, 0.25) is 0 Å². The van der Waals surface area contributed by atoms with Crippen LogP contribution in [-0.2, 0) is 16.1 Å². The number of carbonyl (C=O) groups excluding carboxylic acids is 2. The molecule has 2 heterocycles. The molecule has 2 rings (SSSR count). The Bertz CT molecular complexity index is 436. The van der Waals surface area contributed by atoms with Crippen LogP contribution in [0.1, 0.15) is 25.5 Å². The number of piperidine rings is 1. The van der Waals surface area contributed by atoms with E-state index < -0.39 is 0 Å². The lowest BCUT2D eigenvalue weighted by molar-refractivity contribution is -0.149. The first-order valence-corrected chi connectivity index (χ1v) is 6.92. The molecule has 0 radical (unpaired) electrons. The average molecular weight is 280 g/mol. The number of hydrogen-bond donors (Lipinski definition) is 1. The number of esters is 1. The molecule has 6 nitrogen and oxygen atoms in total. The number of furan rings is 1. The topological polar surface area (TPSA) is 71.8 Å². The van der Waals surface area contributed by atoms with Gasteiger partial charge in [-0.3, -0.25) is 4.79 Å². The molecule has 6 heteroatoms. The summed E-state index contributed by atoms with van der Waals surface area (Å²) in [4.78, 5) is 25.3. The molecule has 2 amide bonds. The molecule has 0 aromatic carbocycles. The van der Waals surface area contributed by atoms with E-state index in [4.69, 9.17) is 9.15 Å². The van der Waals surface area contributed by atoms with Gasteiger partial charge in [-0.1, -0.05) is 0 Å². The van der Waals surface area contributed by atoms with Crippen LogP contribution in [-0.4, -0.2) is 36.6 Å². The van der Waals surface area contributed by atoms with Gasteiger partial charge in [-0.15, -0.1) is 0 Å². The SMILES string of the molecule is CCOC(=O)C1CCN(C(=O)NCc2ccco2)CC1. The fraction of sp³-hybridized carbons (Fsp3) is 0.571. The van der Waals surface area contributed by atoms with Crippen LogP contribution in [0.25, 0.3) is 0 Å². The molecular formula is C14H20N2O4. The summed E-state index contributed by atoms with van der Waals surface area (Å²) in [6.45, 7) is 3.74. The molecule has 1 saturated heterocycles. The molecule has 1 aromatic rings. The normalized spacial score (nSPS) is 15.9. The second-order valence-electron chi connectivity index (χ2n) is 4.75. The third-order valence-electron chi connectivity index (χ3n) is 3.40. The van der Waals surface area contributed by atoms with E-state index in [-0.39, 0.29) is 17.9 Å². The Kier molecular flexibility index (Phi) is 5.03. The molecule has 1 aliphatic heterocycles. The van der Waals surface area contributed by atoms with E-state index in [1.165, 1.54) is 0 Å². The lowest BCUT2D eigenvalue weighted by atomic mass is 9.97. The van der Waals surface area contributed by atoms with Crippen LogP contribution >= 0.6 is 0 Å². The Morgan fingerprint density at radius 2 is 2.20 bits per heavy atom. The molecular weight excluding hydrogens is 260 g/mol. The van der Waals surface area contributed by atoms with Crippen LogP contribution in [0, 0.1) is 5.92 Å². The minimum absolute atomic E-state index is 0.0796. The van der Waals surface area contributed by atoms with Crippen molar-refractivity contribution in [1.82, 2.24) is 10.2 Å². The van der Waals surface area contributed by atoms with Gasteiger partial charge in [0.1, 0.15) is 5.76 Å². The molecule has 110 valence electrons. The van der Waals surface area contributed by atoms with Gasteiger partial charge < -0.3 is 19.4 Å². The van der Waals surface area contributed by atoms with Gasteiger partial charge >= 0.3 is 12.0 Å². The molecule has 0 aliphatic carbocycles. The van der Waals surface area contributed by atoms with Gasteiger partial charge in [0.2, 0.25) is 0 Å². The van der Waals surface area contributed by atoms with Crippen molar-refractivity contribution < 1.29 is 18.7 Å². The van der Waals surface area contributed by atoms with Crippen molar-refractivity contribution in [3.05, 3.63) is 24.2 Å². The van der Waals surface area contributed by atoms with Gasteiger partial charge in [-0.25, -0.2) is 4.79 Å². The Balaban J connectivity index is 1.73. The lowest BCUT2D eigenvalue weighted by Crippen LogP contribution is -2.45. The first kappa shape index (κ1) is 14.4. The summed E-state index contributed by atoms with van der Waals surface area (Å²) in [5.74, 6) is 0.493. The summed E-state index contributed by atoms with van der Waals surface area (Å²) in [5, 5.41) is 2.80. The smallest absolute Gasteiger partial charge is 0.317 e. The van der Waals surface area contributed by atoms with Crippen molar-refractivity contribution in [1.29, 1.82) is 0 Å². The van der Waals surface area contributed by atoms with Gasteiger partial charge in [-0.05, 0) is 31.9 Å². The number of ether oxygens (including phenoxy) is 1. The van der Waals surface area contributed by atoms with Gasteiger partial charge in [0.15, 0.2) is 0 Å². The van der Waals surface area contributed by atoms with E-state index in [0.29, 0.717) is 39.1 Å². The number of carbonyl (C=O) groups is 2. The van der Waals surface area contributed by atoms with Crippen molar-refractivity contribution in [2.45, 2.75) is 26.3 Å². The monoisotopic (exact) mass is 280 g/mol. The summed E-state index contributed by atoms with van der Waals surface area (Å²) in [6, 6.07) is 3.48. The first-order valence-electron chi connectivity index (χ1n) is 6.92. The number of amides is 2. The highest BCUT2D eigenvalue weighted by molar-refractivity contribution is 5.75. The predicted octanol–water partition coefficient (Wildman–Crippen LogP) is 1.76. The highest BCUT2D eigenvalue weighted by Gasteiger charge is 2.28. The maximum Gasteiger partial charge on any atom is 0.317 e. The molecule has 1 aliphatic rings. The summed E-state index contributed by atoms with van der Waals surface area (Å²) in [5.41, 5.74) is 0. The quantitative estimate of drug-likeness (QED) is 0.853. The maximum absolute atomic E-state index is 12.0. The largest absolute Gasteiger partial charge is 0.467 e. The molecule has 0 unspecified atom stereocenters. The van der Waals surface area contributed by atoms with Crippen LogP contribution in [0.4, 0.5) is 4.79 Å². The van der Waals surface area contributed by atoms with Crippen LogP contribution in [0.5, 0.6) is 0 Å². The number of nitrogens with one attached hydrogen (secondary N) is 1. The summed E-state index contributed by atoms with van der Waals surface area (Å²) in [6.07, 6.45) is 2.90. The zero-order valence-electron chi connectivity index (χ0n) is 11.6. The molecule has 0 saturated carbocycles. The Labute approximate surface area is 118 Å². The maximum atomic E-state index is 12.0. The number of nitrogens with zero attached hydrogens (tertiary/aromatic N) is 1. The minimum atomic E-state index is -0.150. The number of hydrogen-bond acceptors (Lipinski definition) is 4. The zero-order valence-corrected chi connectivity index (χ0v) is 11.6. The van der Waals surface area contributed by atoms with Crippen molar-refractivity contribution in [2.75, 3.05) is 19.7 Å². The number of rotatable bonds is 4. The molecule has 0 bridgehead atoms. The van der Waals surface area contributed by atoms with E-state index in [2.05, 4.69) is 5.32 Å². The molecule has 0 spiro atoms. The zero-order chi connectivity index (χ0) is 14.4. The molecule has 1 aromatic heterocycles. The highest BCUT2D eigenvalue weighted by Crippen LogP contribution is 2.18. The van der Waals surface area contributed by atoms with Gasteiger partial charge in [0.25, 0.3) is 0 Å². The minimum Gasteiger partial charge on any atom is -0.467 e. The van der Waals surface area contributed by atoms with Crippen molar-refractivity contribution in [2.24, 2.45) is 5.92 Å². The van der Waals surface area contributed by atoms with Gasteiger partial charge in [0, 0.05) is 13.1 Å². The van der Waals surface area contributed by atoms with Crippen LogP contribution in [0.3, 0.4) is 0 Å². The fourth-order valence-electron chi connectivity index (χ4n) is 2.27. The summed E-state index contributed by atoms with van der Waals surface area (Å²) in [7, 11) is 0. The Hall–Kier alpha value is -1.98. The molecule has 20 heavy (non-hydrogen) atoms. The summed E-state index contributed by atoms with van der Waals surface area (Å²) < 4.78 is 10.2. The fourth-order valence-corrected chi connectivity index (χ4v) is 2.27. The standard InChI is InChI=1S/C14H20N2O4/c1-2-19-13(17)11-5-7-16(8-6-11)14(18)15-10-12-4-3-9-20-12/h3-4,9,11H,2,5-8,10H2,1H3,(H,15,18). The number of urea groups is 1. The third-order valence-corrected chi connectivity index (χ3v) is 3.40. The van der Waals surface area contributed by atoms with Gasteiger partial charge in [0.05, 0.1) is 25.3 Å². The average Bonchev–Trinajstić information content (AvgIpc) is 2.98. The highest BCUT2D eigenvalue weighted by atomic mass is 16.5. The predicted molar refractivity (Wildman–Crippen MR) is 71.9 cm³/mol. The molecule has 1 N–H and O–H groups in total. The van der Waals surface area contributed by atoms with Crippen molar-refractivity contribution >= 4 is 12.0 Å². The molecule has 0 atom stereocenters. The van der Waals surface area contributed by atoms with Crippen molar-refractivity contribution in [3.63, 3.8) is 0 Å². The van der Waals surface area contributed by atoms with Gasteiger partial charge in [-0.2, -0.15) is 0 Å². The lowest BCUT2D eigenvalue weighted by Gasteiger charge is -2.30. The van der Waals surface area contributed by atoms with Crippen LogP contribution in [0.15, 0.2) is 22.8 Å². The van der Waals surface area contributed by atoms with Crippen LogP contribution < -0.4 is 5.32 Å². The summed E-state index contributed by atoms with van der Waals surface area (Å²) >= 11 is 0. The molecule has 1 fully saturated rings. The number of likely N-dealkylation sites (tertiary alicyclic amines) is 1. The van der Waals surface area contributed by atoms with E-state index in [0.717, 1.165) is 5.76 Å². The Morgan fingerprint density at radius 3 is 2.80 bits per heavy atom. The first-order chi connectivity index (χ1) is 9.70. The van der Waals surface area contributed by atoms with Crippen molar-refractivity contribution in [3.8, 4) is 0 Å². The Morgan fingerprint density at radius 1 is 1.45 bits per heavy atom. The van der Waals surface area contributed by atoms with E-state index in [1.807, 2.05) is 6.07 Å². The third kappa shape index (κ3) is 3.76. The van der Waals surface area contributed by atoms with E-state index in [9.17, 15) is 9.59 Å². The van der Waals surface area contributed by atoms with E-state index in [1.54, 1.807) is 24.2 Å². The van der Waals surface area contributed by atoms with E-state index >= 15 is 0 Å². The second-order valence-corrected chi connectivity index (χ2v) is 4.75. The second kappa shape index (κ2) is 6.98.